The normalized spacial score (nSPS) is 9.58. The summed E-state index contributed by atoms with van der Waals surface area (Å²) in [4.78, 5) is 12.3. The molecule has 0 unspecified atom stereocenters. The second-order valence-electron chi connectivity index (χ2n) is 6.55. The molecule has 3 rings (SSSR count). The summed E-state index contributed by atoms with van der Waals surface area (Å²) in [6.07, 6.45) is 3.94. The molecule has 176 valence electrons. The average molecular weight is 452 g/mol. The van der Waals surface area contributed by atoms with Crippen molar-refractivity contribution < 1.29 is 23.7 Å². The maximum absolute atomic E-state index is 12.3. The fourth-order valence-corrected chi connectivity index (χ4v) is 3.15. The number of hydrogen-bond donors (Lipinski definition) is 0. The summed E-state index contributed by atoms with van der Waals surface area (Å²) < 4.78 is 23.1. The average Bonchev–Trinajstić information content (AvgIpc) is 3.22. The molecular weight excluding hydrogens is 418 g/mol. The summed E-state index contributed by atoms with van der Waals surface area (Å²) in [5.41, 5.74) is 4.00. The maximum atomic E-state index is 12.3. The molecule has 0 saturated heterocycles. The number of rotatable bonds is 8. The molecule has 6 nitrogen and oxygen atoms in total. The molecule has 0 spiro atoms. The van der Waals surface area contributed by atoms with Crippen molar-refractivity contribution in [1.29, 1.82) is 0 Å². The van der Waals surface area contributed by atoms with Crippen LogP contribution in [0, 0.1) is 11.8 Å². The molecule has 6 heteroatoms. The Kier molecular flexibility index (Phi) is 10.8. The first-order valence-corrected chi connectivity index (χ1v) is 9.83. The highest BCUT2D eigenvalue weighted by Crippen LogP contribution is 2.30. The molecule has 0 aliphatic carbocycles. The number of ether oxygens (including phenoxy) is 4. The lowest BCUT2D eigenvalue weighted by atomic mass is 10.0. The number of carbonyl (C=O) groups excluding carboxylic acids is 1. The maximum Gasteiger partial charge on any atom is 0.341 e. The topological polar surface area (TPSA) is 58.9 Å². The van der Waals surface area contributed by atoms with Gasteiger partial charge in [0.25, 0.3) is 0 Å². The van der Waals surface area contributed by atoms with Crippen molar-refractivity contribution >= 4 is 5.97 Å². The third-order valence-electron chi connectivity index (χ3n) is 4.56. The molecular formula is C27H33NO5. The highest BCUT2D eigenvalue weighted by molar-refractivity contribution is 5.93. The summed E-state index contributed by atoms with van der Waals surface area (Å²) in [5.74, 6) is 6.85. The van der Waals surface area contributed by atoms with E-state index in [2.05, 4.69) is 11.8 Å². The largest absolute Gasteiger partial charge is 0.497 e. The summed E-state index contributed by atoms with van der Waals surface area (Å²) in [5, 5.41) is 0. The van der Waals surface area contributed by atoms with Gasteiger partial charge in [-0.1, -0.05) is 32.9 Å². The number of benzene rings is 2. The van der Waals surface area contributed by atoms with Gasteiger partial charge in [0.2, 0.25) is 0 Å². The van der Waals surface area contributed by atoms with E-state index >= 15 is 0 Å². The predicted molar refractivity (Wildman–Crippen MR) is 132 cm³/mol. The predicted octanol–water partition coefficient (Wildman–Crippen LogP) is 5.96. The van der Waals surface area contributed by atoms with Crippen LogP contribution in [0.4, 0.5) is 0 Å². The van der Waals surface area contributed by atoms with Crippen molar-refractivity contribution in [2.75, 3.05) is 27.6 Å². The molecule has 0 bridgehead atoms. The Morgan fingerprint density at radius 2 is 1.85 bits per heavy atom. The number of aromatic nitrogens is 1. The third-order valence-corrected chi connectivity index (χ3v) is 4.56. The molecule has 2 aromatic carbocycles. The molecule has 0 radical (unpaired) electrons. The van der Waals surface area contributed by atoms with Gasteiger partial charge in [-0.2, -0.15) is 0 Å². The summed E-state index contributed by atoms with van der Waals surface area (Å²) in [6.45, 7) is 3.86. The smallest absolute Gasteiger partial charge is 0.341 e. The van der Waals surface area contributed by atoms with Gasteiger partial charge in [-0.15, -0.1) is 5.92 Å². The second-order valence-corrected chi connectivity index (χ2v) is 6.55. The Labute approximate surface area is 197 Å². The fourth-order valence-electron chi connectivity index (χ4n) is 3.15. The van der Waals surface area contributed by atoms with Crippen LogP contribution in [0.3, 0.4) is 0 Å². The Bertz CT molecular complexity index is 1120. The zero-order chi connectivity index (χ0) is 22.2. The van der Waals surface area contributed by atoms with E-state index in [1.165, 1.54) is 7.11 Å². The van der Waals surface area contributed by atoms with Gasteiger partial charge in [-0.25, -0.2) is 4.79 Å². The van der Waals surface area contributed by atoms with E-state index in [0.29, 0.717) is 11.3 Å². The standard InChI is InChI=1S/C25H25NO5.2CH4/c1-5-8-19-15-26(16-23(19)18-9-7-10-21(13-18)29-4)20-11-12-22(25(27)30-6-2)24(14-20)31-17-28-3;;/h7,9-16H,6,17H2,1-4H3;2*1H4. The monoisotopic (exact) mass is 451 g/mol. The van der Waals surface area contributed by atoms with Gasteiger partial charge >= 0.3 is 5.97 Å². The van der Waals surface area contributed by atoms with E-state index in [0.717, 1.165) is 28.1 Å². The highest BCUT2D eigenvalue weighted by Gasteiger charge is 2.16. The van der Waals surface area contributed by atoms with Crippen LogP contribution in [0.5, 0.6) is 11.5 Å². The SMILES string of the molecule is C.C.CC#Cc1cn(-c2ccc(C(=O)OCC)c(OCOC)c2)cc1-c1cccc(OC)c1. The summed E-state index contributed by atoms with van der Waals surface area (Å²) >= 11 is 0. The fraction of sp³-hybridized carbons (Fsp3) is 0.296. The molecule has 0 aliphatic heterocycles. The van der Waals surface area contributed by atoms with E-state index in [1.807, 2.05) is 47.3 Å². The van der Waals surface area contributed by atoms with Gasteiger partial charge in [0.05, 0.1) is 19.3 Å². The van der Waals surface area contributed by atoms with E-state index in [-0.39, 0.29) is 28.3 Å². The van der Waals surface area contributed by atoms with E-state index in [9.17, 15) is 4.79 Å². The van der Waals surface area contributed by atoms with E-state index in [1.54, 1.807) is 33.1 Å². The lowest BCUT2D eigenvalue weighted by Crippen LogP contribution is -2.10. The van der Waals surface area contributed by atoms with Gasteiger partial charge in [0.15, 0.2) is 6.79 Å². The van der Waals surface area contributed by atoms with Gasteiger partial charge in [0, 0.05) is 36.8 Å². The minimum Gasteiger partial charge on any atom is -0.497 e. The van der Waals surface area contributed by atoms with Crippen LogP contribution in [-0.4, -0.2) is 38.2 Å². The Morgan fingerprint density at radius 1 is 1.06 bits per heavy atom. The lowest BCUT2D eigenvalue weighted by molar-refractivity contribution is 0.0438. The summed E-state index contributed by atoms with van der Waals surface area (Å²) in [6, 6.07) is 13.1. The first kappa shape index (κ1) is 27.3. The molecule has 33 heavy (non-hydrogen) atoms. The van der Waals surface area contributed by atoms with Crippen LogP contribution in [0.2, 0.25) is 0 Å². The lowest BCUT2D eigenvalue weighted by Gasteiger charge is -2.12. The minimum atomic E-state index is -0.442. The first-order chi connectivity index (χ1) is 15.1. The molecule has 0 fully saturated rings. The number of nitrogens with zero attached hydrogens (tertiary/aromatic N) is 1. The van der Waals surface area contributed by atoms with Crippen LogP contribution in [0.25, 0.3) is 16.8 Å². The Morgan fingerprint density at radius 3 is 2.52 bits per heavy atom. The van der Waals surface area contributed by atoms with Crippen molar-refractivity contribution in [3.8, 4) is 40.2 Å². The number of methoxy groups -OCH3 is 2. The Balaban J connectivity index is 0.00000272. The second kappa shape index (κ2) is 13.0. The Hall–Kier alpha value is -3.69. The first-order valence-electron chi connectivity index (χ1n) is 9.83. The van der Waals surface area contributed by atoms with Crippen LogP contribution >= 0.6 is 0 Å². The molecule has 0 amide bonds. The zero-order valence-corrected chi connectivity index (χ0v) is 18.1. The molecule has 0 atom stereocenters. The van der Waals surface area contributed by atoms with Crippen molar-refractivity contribution in [1.82, 2.24) is 4.57 Å². The van der Waals surface area contributed by atoms with Crippen molar-refractivity contribution in [2.24, 2.45) is 0 Å². The molecule has 3 aromatic rings. The van der Waals surface area contributed by atoms with Crippen molar-refractivity contribution in [3.63, 3.8) is 0 Å². The quantitative estimate of drug-likeness (QED) is 0.240. The van der Waals surface area contributed by atoms with Crippen molar-refractivity contribution in [3.05, 3.63) is 66.0 Å². The molecule has 0 N–H and O–H groups in total. The number of carbonyl (C=O) groups is 1. The number of esters is 1. The third kappa shape index (κ3) is 6.41. The van der Waals surface area contributed by atoms with E-state index in [4.69, 9.17) is 18.9 Å². The highest BCUT2D eigenvalue weighted by atomic mass is 16.7. The zero-order valence-electron chi connectivity index (χ0n) is 18.1. The van der Waals surface area contributed by atoms with Crippen LogP contribution < -0.4 is 9.47 Å². The van der Waals surface area contributed by atoms with Crippen LogP contribution in [-0.2, 0) is 9.47 Å². The van der Waals surface area contributed by atoms with Gasteiger partial charge < -0.3 is 23.5 Å². The van der Waals surface area contributed by atoms with Crippen LogP contribution in [0.15, 0.2) is 54.9 Å². The van der Waals surface area contributed by atoms with Crippen LogP contribution in [0.1, 0.15) is 44.6 Å². The van der Waals surface area contributed by atoms with Crippen molar-refractivity contribution in [2.45, 2.75) is 28.7 Å². The summed E-state index contributed by atoms with van der Waals surface area (Å²) in [7, 11) is 3.17. The van der Waals surface area contributed by atoms with E-state index < -0.39 is 5.97 Å². The van der Waals surface area contributed by atoms with Gasteiger partial charge in [-0.05, 0) is 43.7 Å². The molecule has 0 aliphatic rings. The van der Waals surface area contributed by atoms with Gasteiger partial charge in [-0.3, -0.25) is 0 Å². The number of hydrogen-bond acceptors (Lipinski definition) is 5. The molecule has 1 aromatic heterocycles. The van der Waals surface area contributed by atoms with Gasteiger partial charge in [0.1, 0.15) is 17.1 Å². The minimum absolute atomic E-state index is 0. The molecule has 0 saturated carbocycles. The molecule has 1 heterocycles.